The van der Waals surface area contributed by atoms with Crippen LogP contribution in [0.3, 0.4) is 0 Å². The summed E-state index contributed by atoms with van der Waals surface area (Å²) < 4.78 is 10.0. The van der Waals surface area contributed by atoms with E-state index in [1.54, 1.807) is 0 Å². The molecule has 1 aliphatic carbocycles. The minimum absolute atomic E-state index is 0.105. The predicted octanol–water partition coefficient (Wildman–Crippen LogP) is 13.5. The van der Waals surface area contributed by atoms with Crippen LogP contribution in [-0.4, -0.2) is 22.4 Å². The number of aliphatic imine (C=N–C) groups is 1. The number of furan rings is 1. The normalized spacial score (nSPS) is 18.2. The molecule has 1 aliphatic heterocycles. The zero-order chi connectivity index (χ0) is 39.2. The summed E-state index contributed by atoms with van der Waals surface area (Å²) in [5.41, 5.74) is 12.8. The van der Waals surface area contributed by atoms with Crippen LogP contribution >= 0.6 is 11.3 Å². The van der Waals surface area contributed by atoms with Crippen molar-refractivity contribution in [3.63, 3.8) is 0 Å². The lowest BCUT2D eigenvalue weighted by Gasteiger charge is -2.39. The molecule has 1 N–H and O–H groups in total. The van der Waals surface area contributed by atoms with Gasteiger partial charge >= 0.3 is 0 Å². The lowest BCUT2D eigenvalue weighted by atomic mass is 9.84. The van der Waals surface area contributed by atoms with Gasteiger partial charge in [-0.05, 0) is 77.6 Å². The Morgan fingerprint density at radius 2 is 1.39 bits per heavy atom. The Bertz CT molecular complexity index is 3330. The Labute approximate surface area is 346 Å². The molecule has 7 aromatic carbocycles. The summed E-state index contributed by atoms with van der Waals surface area (Å²) >= 11 is 1.95. The highest BCUT2D eigenvalue weighted by Gasteiger charge is 2.34. The molecule has 0 saturated heterocycles. The number of aromatic nitrogens is 1. The van der Waals surface area contributed by atoms with E-state index < -0.39 is 0 Å². The lowest BCUT2D eigenvalue weighted by Crippen LogP contribution is -2.46. The topological polar surface area (TPSA) is 45.7 Å². The Hall–Kier alpha value is -6.73. The largest absolute Gasteiger partial charge is 0.456 e. The van der Waals surface area contributed by atoms with Crippen LogP contribution in [0.4, 0.5) is 0 Å². The number of hydrogen-bond acceptors (Lipinski definition) is 5. The first-order chi connectivity index (χ1) is 29.1. The lowest BCUT2D eigenvalue weighted by molar-refractivity contribution is 0.258. The summed E-state index contributed by atoms with van der Waals surface area (Å²) in [6, 6.07) is 58.8. The molecule has 3 atom stereocenters. The van der Waals surface area contributed by atoms with Crippen LogP contribution in [0.5, 0.6) is 0 Å². The van der Waals surface area contributed by atoms with E-state index in [0.717, 1.165) is 45.3 Å². The highest BCUT2D eigenvalue weighted by molar-refractivity contribution is 7.20. The molecule has 284 valence electrons. The van der Waals surface area contributed by atoms with Crippen molar-refractivity contribution in [3.05, 3.63) is 203 Å². The zero-order valence-electron chi connectivity index (χ0n) is 32.8. The van der Waals surface area contributed by atoms with Gasteiger partial charge in [0.2, 0.25) is 0 Å². The molecule has 0 radical (unpaired) electrons. The Kier molecular flexibility index (Phi) is 7.80. The first kappa shape index (κ1) is 34.3. The maximum absolute atomic E-state index is 6.36. The quantitative estimate of drug-likeness (QED) is 0.189. The smallest absolute Gasteiger partial charge is 0.135 e. The molecule has 0 bridgehead atoms. The fourth-order valence-electron chi connectivity index (χ4n) is 9.74. The minimum Gasteiger partial charge on any atom is -0.456 e. The van der Waals surface area contributed by atoms with Gasteiger partial charge in [-0.15, -0.1) is 11.3 Å². The Morgan fingerprint density at radius 1 is 0.678 bits per heavy atom. The minimum atomic E-state index is -0.305. The van der Waals surface area contributed by atoms with Gasteiger partial charge in [-0.3, -0.25) is 5.32 Å². The van der Waals surface area contributed by atoms with Crippen LogP contribution < -0.4 is 5.32 Å². The standard InChI is InChI=1S/C53H40N4OS/c1-32-27-29-36(34-28-30-44-42(31-34)37-19-9-11-24-43(37)57(44)35-17-7-4-8-18-35)48-39-21-13-23-41(50(39)59-49(32)48)53-55-51(54-52(56(53)2)33-15-5-3-6-16-33)40-22-14-26-46-47(40)38-20-10-12-25-45(38)58-46/h3-26,28-32,51-52,54H,27H2,1-2H3. The molecule has 5 nitrogen and oxygen atoms in total. The fraction of sp³-hybridized carbons (Fsp3) is 0.113. The van der Waals surface area contributed by atoms with Crippen molar-refractivity contribution < 1.29 is 4.42 Å². The van der Waals surface area contributed by atoms with Crippen molar-refractivity contribution in [1.29, 1.82) is 0 Å². The number of amidine groups is 1. The number of nitrogens with zero attached hydrogens (tertiary/aromatic N) is 3. The molecular formula is C53H40N4OS. The summed E-state index contributed by atoms with van der Waals surface area (Å²) in [5, 5.41) is 9.99. The van der Waals surface area contributed by atoms with Crippen molar-refractivity contribution in [2.24, 2.45) is 4.99 Å². The van der Waals surface area contributed by atoms with Gasteiger partial charge in [0.05, 0.1) is 11.0 Å². The summed E-state index contributed by atoms with van der Waals surface area (Å²) in [4.78, 5) is 9.41. The van der Waals surface area contributed by atoms with Gasteiger partial charge in [0.25, 0.3) is 0 Å². The number of rotatable bonds is 5. The van der Waals surface area contributed by atoms with Gasteiger partial charge < -0.3 is 13.9 Å². The van der Waals surface area contributed by atoms with Crippen LogP contribution in [0.15, 0.2) is 179 Å². The molecule has 0 saturated carbocycles. The second-order valence-electron chi connectivity index (χ2n) is 16.0. The third-order valence-corrected chi connectivity index (χ3v) is 14.0. The van der Waals surface area contributed by atoms with E-state index in [2.05, 4.69) is 186 Å². The third kappa shape index (κ3) is 5.30. The molecule has 10 aromatic rings. The first-order valence-electron chi connectivity index (χ1n) is 20.5. The molecule has 0 spiro atoms. The zero-order valence-corrected chi connectivity index (χ0v) is 33.6. The number of nitrogens with one attached hydrogen (secondary N) is 1. The summed E-state index contributed by atoms with van der Waals surface area (Å²) in [5.74, 6) is 1.39. The average molecular weight is 781 g/mol. The van der Waals surface area contributed by atoms with Gasteiger partial charge in [0.15, 0.2) is 0 Å². The van der Waals surface area contributed by atoms with E-state index in [0.29, 0.717) is 5.92 Å². The van der Waals surface area contributed by atoms with Crippen LogP contribution in [0.1, 0.15) is 64.3 Å². The van der Waals surface area contributed by atoms with Crippen LogP contribution in [-0.2, 0) is 0 Å². The highest BCUT2D eigenvalue weighted by Crippen LogP contribution is 2.49. The van der Waals surface area contributed by atoms with E-state index in [-0.39, 0.29) is 12.3 Å². The molecule has 0 amide bonds. The van der Waals surface area contributed by atoms with Gasteiger partial charge in [0, 0.05) is 65.9 Å². The number of benzene rings is 7. The fourth-order valence-corrected chi connectivity index (χ4v) is 11.1. The molecule has 59 heavy (non-hydrogen) atoms. The molecular weight excluding hydrogens is 741 g/mol. The predicted molar refractivity (Wildman–Crippen MR) is 246 cm³/mol. The van der Waals surface area contributed by atoms with Crippen LogP contribution in [0.25, 0.3) is 65.1 Å². The van der Waals surface area contributed by atoms with Crippen molar-refractivity contribution >= 4 is 76.6 Å². The van der Waals surface area contributed by atoms with E-state index >= 15 is 0 Å². The van der Waals surface area contributed by atoms with Gasteiger partial charge in [-0.1, -0.05) is 128 Å². The number of hydrogen-bond donors (Lipinski definition) is 1. The van der Waals surface area contributed by atoms with E-state index in [1.165, 1.54) is 64.7 Å². The molecule has 6 heteroatoms. The third-order valence-electron chi connectivity index (χ3n) is 12.5. The summed E-state index contributed by atoms with van der Waals surface area (Å²) in [6.07, 6.45) is 3.07. The number of fused-ring (bicyclic) bond motifs is 9. The molecule has 3 aromatic heterocycles. The number of thiophene rings is 1. The van der Waals surface area contributed by atoms with E-state index in [1.807, 2.05) is 23.5 Å². The molecule has 0 fully saturated rings. The maximum Gasteiger partial charge on any atom is 0.135 e. The van der Waals surface area contributed by atoms with E-state index in [4.69, 9.17) is 9.41 Å². The van der Waals surface area contributed by atoms with Crippen molar-refractivity contribution in [3.8, 4) is 5.69 Å². The van der Waals surface area contributed by atoms with Gasteiger partial charge in [-0.2, -0.15) is 0 Å². The second-order valence-corrected chi connectivity index (χ2v) is 17.0. The second kappa shape index (κ2) is 13.4. The van der Waals surface area contributed by atoms with Gasteiger partial charge in [-0.25, -0.2) is 4.99 Å². The van der Waals surface area contributed by atoms with Gasteiger partial charge in [0.1, 0.15) is 29.3 Å². The van der Waals surface area contributed by atoms with Crippen LogP contribution in [0, 0.1) is 0 Å². The van der Waals surface area contributed by atoms with E-state index in [9.17, 15) is 0 Å². The maximum atomic E-state index is 6.36. The Morgan fingerprint density at radius 3 is 2.25 bits per heavy atom. The first-order valence-corrected chi connectivity index (χ1v) is 21.3. The molecule has 12 rings (SSSR count). The summed E-state index contributed by atoms with van der Waals surface area (Å²) in [7, 11) is 2.18. The molecule has 3 unspecified atom stereocenters. The average Bonchev–Trinajstić information content (AvgIpc) is 3.98. The summed E-state index contributed by atoms with van der Waals surface area (Å²) in [6.45, 7) is 2.38. The molecule has 2 aliphatic rings. The SMILES string of the molecule is CC1CC=C(c2ccc3c(c2)c2ccccc2n3-c2ccccc2)c2c1sc1c(C3=NC(c4cccc5oc6ccccc6c45)NC(c4ccccc4)N3C)cccc21. The monoisotopic (exact) mass is 780 g/mol. The highest BCUT2D eigenvalue weighted by atomic mass is 32.1. The van der Waals surface area contributed by atoms with Crippen LogP contribution in [0.2, 0.25) is 0 Å². The van der Waals surface area contributed by atoms with Crippen molar-refractivity contribution in [2.45, 2.75) is 31.6 Å². The van der Waals surface area contributed by atoms with Crippen molar-refractivity contribution in [1.82, 2.24) is 14.8 Å². The molecule has 4 heterocycles. The Balaban J connectivity index is 1.03. The number of para-hydroxylation sites is 3. The van der Waals surface area contributed by atoms with Crippen molar-refractivity contribution in [2.75, 3.05) is 7.05 Å². The number of allylic oxidation sites excluding steroid dienone is 1.